The highest BCUT2D eigenvalue weighted by molar-refractivity contribution is 5.70. The van der Waals surface area contributed by atoms with Gasteiger partial charge in [-0.15, -0.1) is 0 Å². The largest absolute Gasteiger partial charge is 0.466 e. The Labute approximate surface area is 102 Å². The zero-order valence-electron chi connectivity index (χ0n) is 9.48. The third-order valence-electron chi connectivity index (χ3n) is 2.09. The maximum atomic E-state index is 10.9. The van der Waals surface area contributed by atoms with Crippen LogP contribution in [0.15, 0.2) is 24.8 Å². The molecule has 2 aromatic heterocycles. The second-order valence-electron chi connectivity index (χ2n) is 3.25. The van der Waals surface area contributed by atoms with E-state index in [0.29, 0.717) is 16.1 Å². The van der Waals surface area contributed by atoms with Gasteiger partial charge < -0.3 is 14.7 Å². The average Bonchev–Trinajstić information content (AvgIpc) is 2.78. The fraction of sp³-hybridized carbons (Fsp3) is 0.200. The lowest BCUT2D eigenvalue weighted by Crippen LogP contribution is -2.12. The number of nitrogens with zero attached hydrogens (tertiary/aromatic N) is 4. The normalized spacial score (nSPS) is 10.1. The molecule has 0 unspecified atom stereocenters. The van der Waals surface area contributed by atoms with Crippen molar-refractivity contribution in [1.29, 1.82) is 0 Å². The van der Waals surface area contributed by atoms with Crippen LogP contribution >= 0.6 is 0 Å². The van der Waals surface area contributed by atoms with Crippen LogP contribution < -0.4 is 4.74 Å². The quantitative estimate of drug-likeness (QED) is 0.608. The molecule has 0 amide bonds. The number of esters is 1. The molecule has 0 saturated heterocycles. The monoisotopic (exact) mass is 250 g/mol. The van der Waals surface area contributed by atoms with Gasteiger partial charge in [-0.1, -0.05) is 9.94 Å². The Bertz CT molecular complexity index is 540. The van der Waals surface area contributed by atoms with Gasteiger partial charge in [-0.2, -0.15) is 0 Å². The summed E-state index contributed by atoms with van der Waals surface area (Å²) in [6, 6.07) is 1.46. The molecule has 8 nitrogen and oxygen atoms in total. The fourth-order valence-corrected chi connectivity index (χ4v) is 1.24. The smallest absolute Gasteiger partial charge is 0.343 e. The van der Waals surface area contributed by atoms with Crippen LogP contribution in [0.5, 0.6) is 5.88 Å². The highest BCUT2D eigenvalue weighted by Crippen LogP contribution is 2.21. The molecule has 0 spiro atoms. The zero-order chi connectivity index (χ0) is 13.0. The summed E-state index contributed by atoms with van der Waals surface area (Å²) in [7, 11) is 1.25. The molecule has 18 heavy (non-hydrogen) atoms. The number of methoxy groups -OCH3 is 1. The van der Waals surface area contributed by atoms with Crippen LogP contribution in [0, 0.1) is 0 Å². The van der Waals surface area contributed by atoms with E-state index in [1.807, 2.05) is 0 Å². The Morgan fingerprint density at radius 3 is 2.83 bits per heavy atom. The third kappa shape index (κ3) is 2.54. The van der Waals surface area contributed by atoms with Gasteiger partial charge >= 0.3 is 5.97 Å². The van der Waals surface area contributed by atoms with E-state index < -0.39 is 5.97 Å². The molecular weight excluding hydrogens is 240 g/mol. The minimum Gasteiger partial charge on any atom is -0.466 e. The number of hydrogen-bond acceptors (Lipinski definition) is 7. The molecule has 0 fully saturated rings. The lowest BCUT2D eigenvalue weighted by Gasteiger charge is -1.98. The van der Waals surface area contributed by atoms with Gasteiger partial charge in [0.05, 0.1) is 7.11 Å². The van der Waals surface area contributed by atoms with Crippen molar-refractivity contribution in [1.82, 2.24) is 19.9 Å². The molecule has 0 bridgehead atoms. The summed E-state index contributed by atoms with van der Waals surface area (Å²) < 4.78 is 9.45. The number of carbonyl (C=O) groups is 1. The van der Waals surface area contributed by atoms with Gasteiger partial charge in [0, 0.05) is 24.0 Å². The Kier molecular flexibility index (Phi) is 3.37. The van der Waals surface area contributed by atoms with E-state index in [9.17, 15) is 10.0 Å². The van der Waals surface area contributed by atoms with Gasteiger partial charge in [-0.3, -0.25) is 0 Å². The molecule has 0 radical (unpaired) electrons. The summed E-state index contributed by atoms with van der Waals surface area (Å²) in [6.07, 6.45) is 4.40. The van der Waals surface area contributed by atoms with Crippen molar-refractivity contribution in [2.45, 2.75) is 0 Å². The van der Waals surface area contributed by atoms with Crippen LogP contribution in [0.2, 0.25) is 0 Å². The molecule has 0 aromatic carbocycles. The molecule has 2 aromatic rings. The molecule has 0 atom stereocenters. The van der Waals surface area contributed by atoms with Crippen molar-refractivity contribution < 1.29 is 19.5 Å². The van der Waals surface area contributed by atoms with E-state index >= 15 is 0 Å². The summed E-state index contributed by atoms with van der Waals surface area (Å²) in [4.78, 5) is 19.2. The second kappa shape index (κ2) is 5.13. The molecule has 0 aliphatic heterocycles. The molecule has 2 rings (SSSR count). The van der Waals surface area contributed by atoms with Gasteiger partial charge in [0.25, 0.3) is 0 Å². The van der Waals surface area contributed by atoms with Crippen molar-refractivity contribution in [2.24, 2.45) is 0 Å². The van der Waals surface area contributed by atoms with Crippen LogP contribution in [0.3, 0.4) is 0 Å². The maximum Gasteiger partial charge on any atom is 0.343 e. The number of carbonyl (C=O) groups excluding carboxylic acids is 1. The van der Waals surface area contributed by atoms with Crippen molar-refractivity contribution in [3.8, 4) is 17.1 Å². The molecule has 1 N–H and O–H groups in total. The van der Waals surface area contributed by atoms with Gasteiger partial charge in [-0.25, -0.2) is 14.8 Å². The second-order valence-corrected chi connectivity index (χ2v) is 3.25. The van der Waals surface area contributed by atoms with Crippen LogP contribution in [0.4, 0.5) is 0 Å². The fourth-order valence-electron chi connectivity index (χ4n) is 1.24. The molecule has 8 heteroatoms. The van der Waals surface area contributed by atoms with E-state index in [-0.39, 0.29) is 12.5 Å². The standard InChI is InChI=1S/C10H10N4O4/c1-17-10(15)5-18-9-2-8(14(16)13-9)7-3-11-6-12-4-7/h2-4,6,16H,5H2,1H3. The molecule has 94 valence electrons. The van der Waals surface area contributed by atoms with Crippen molar-refractivity contribution in [2.75, 3.05) is 13.7 Å². The summed E-state index contributed by atoms with van der Waals surface area (Å²) >= 11 is 0. The number of ether oxygens (including phenoxy) is 2. The molecule has 0 aliphatic rings. The highest BCUT2D eigenvalue weighted by Gasteiger charge is 2.12. The minimum absolute atomic E-state index is 0.0988. The summed E-state index contributed by atoms with van der Waals surface area (Å²) in [5.41, 5.74) is 0.927. The highest BCUT2D eigenvalue weighted by atomic mass is 16.6. The molecule has 2 heterocycles. The van der Waals surface area contributed by atoms with E-state index in [0.717, 1.165) is 0 Å². The first-order valence-corrected chi connectivity index (χ1v) is 4.95. The van der Waals surface area contributed by atoms with Crippen LogP contribution in [0.25, 0.3) is 11.3 Å². The average molecular weight is 250 g/mol. The predicted molar refractivity (Wildman–Crippen MR) is 57.9 cm³/mol. The molecule has 0 saturated carbocycles. The lowest BCUT2D eigenvalue weighted by atomic mass is 10.2. The van der Waals surface area contributed by atoms with E-state index in [2.05, 4.69) is 19.8 Å². The van der Waals surface area contributed by atoms with Crippen molar-refractivity contribution in [3.63, 3.8) is 0 Å². The number of rotatable bonds is 4. The van der Waals surface area contributed by atoms with Crippen LogP contribution in [-0.4, -0.2) is 44.8 Å². The summed E-state index contributed by atoms with van der Waals surface area (Å²) in [5, 5.41) is 13.2. The van der Waals surface area contributed by atoms with Crippen LogP contribution in [0.1, 0.15) is 0 Å². The Balaban J connectivity index is 2.15. The van der Waals surface area contributed by atoms with Crippen molar-refractivity contribution in [3.05, 3.63) is 24.8 Å². The van der Waals surface area contributed by atoms with Crippen LogP contribution in [-0.2, 0) is 9.53 Å². The van der Waals surface area contributed by atoms with Gasteiger partial charge in [0.1, 0.15) is 12.0 Å². The third-order valence-corrected chi connectivity index (χ3v) is 2.09. The summed E-state index contributed by atoms with van der Waals surface area (Å²) in [5.74, 6) is -0.436. The SMILES string of the molecule is COC(=O)COc1cc(-c2cncnc2)n(O)n1. The maximum absolute atomic E-state index is 10.9. The lowest BCUT2D eigenvalue weighted by molar-refractivity contribution is -0.143. The van der Waals surface area contributed by atoms with E-state index in [1.54, 1.807) is 0 Å². The first kappa shape index (κ1) is 11.8. The van der Waals surface area contributed by atoms with Gasteiger partial charge in [-0.05, 0) is 0 Å². The number of aromatic nitrogens is 4. The van der Waals surface area contributed by atoms with E-state index in [1.165, 1.54) is 31.9 Å². The first-order valence-electron chi connectivity index (χ1n) is 4.95. The zero-order valence-corrected chi connectivity index (χ0v) is 9.48. The first-order chi connectivity index (χ1) is 8.70. The van der Waals surface area contributed by atoms with Crippen molar-refractivity contribution >= 4 is 5.97 Å². The summed E-state index contributed by atoms with van der Waals surface area (Å²) in [6.45, 7) is -0.280. The topological polar surface area (TPSA) is 99.4 Å². The Hall–Kier alpha value is -2.64. The Morgan fingerprint density at radius 1 is 1.44 bits per heavy atom. The van der Waals surface area contributed by atoms with Gasteiger partial charge in [0.15, 0.2) is 6.61 Å². The molecular formula is C10H10N4O4. The predicted octanol–water partition coefficient (Wildman–Crippen LogP) is 0.129. The van der Waals surface area contributed by atoms with E-state index in [4.69, 9.17) is 4.74 Å². The Morgan fingerprint density at radius 2 is 2.17 bits per heavy atom. The number of hydrogen-bond donors (Lipinski definition) is 1. The molecule has 0 aliphatic carbocycles. The minimum atomic E-state index is -0.535. The van der Waals surface area contributed by atoms with Gasteiger partial charge in [0.2, 0.25) is 5.88 Å².